The van der Waals surface area contributed by atoms with Crippen LogP contribution in [0.4, 0.5) is 8.78 Å². The Morgan fingerprint density at radius 1 is 1.22 bits per heavy atom. The first-order valence-electron chi connectivity index (χ1n) is 8.03. The van der Waals surface area contributed by atoms with Crippen molar-refractivity contribution < 1.29 is 8.78 Å². The maximum absolute atomic E-state index is 12.3. The lowest BCUT2D eigenvalue weighted by Gasteiger charge is -2.32. The van der Waals surface area contributed by atoms with E-state index >= 15 is 0 Å². The van der Waals surface area contributed by atoms with Crippen molar-refractivity contribution in [2.24, 2.45) is 4.99 Å². The van der Waals surface area contributed by atoms with E-state index in [1.807, 2.05) is 4.90 Å². The van der Waals surface area contributed by atoms with Gasteiger partial charge < -0.3 is 16.0 Å². The molecular formula is C15H32F2IN5. The van der Waals surface area contributed by atoms with Gasteiger partial charge in [0.15, 0.2) is 5.96 Å². The molecule has 1 aliphatic rings. The second-order valence-electron chi connectivity index (χ2n) is 6.79. The van der Waals surface area contributed by atoms with Gasteiger partial charge in [-0.3, -0.25) is 9.89 Å². The van der Waals surface area contributed by atoms with Gasteiger partial charge in [0.1, 0.15) is 0 Å². The van der Waals surface area contributed by atoms with Gasteiger partial charge in [-0.15, -0.1) is 24.0 Å². The van der Waals surface area contributed by atoms with Crippen LogP contribution in [0, 0.1) is 0 Å². The fraction of sp³-hybridized carbons (Fsp3) is 0.933. The molecule has 1 heterocycles. The van der Waals surface area contributed by atoms with Crippen molar-refractivity contribution in [3.8, 4) is 0 Å². The average molecular weight is 447 g/mol. The minimum Gasteiger partial charge on any atom is -0.355 e. The van der Waals surface area contributed by atoms with Crippen LogP contribution in [0.5, 0.6) is 0 Å². The molecule has 23 heavy (non-hydrogen) atoms. The van der Waals surface area contributed by atoms with Gasteiger partial charge >= 0.3 is 0 Å². The molecule has 0 amide bonds. The van der Waals surface area contributed by atoms with E-state index in [2.05, 4.69) is 41.7 Å². The molecule has 1 rings (SSSR count). The zero-order valence-electron chi connectivity index (χ0n) is 14.7. The van der Waals surface area contributed by atoms with Crippen LogP contribution >= 0.6 is 24.0 Å². The van der Waals surface area contributed by atoms with Crippen LogP contribution in [0.3, 0.4) is 0 Å². The van der Waals surface area contributed by atoms with Crippen LogP contribution in [0.2, 0.25) is 0 Å². The lowest BCUT2D eigenvalue weighted by molar-refractivity contribution is 0.0744. The van der Waals surface area contributed by atoms with Crippen LogP contribution < -0.4 is 16.0 Å². The summed E-state index contributed by atoms with van der Waals surface area (Å²) < 4.78 is 24.7. The average Bonchev–Trinajstić information content (AvgIpc) is 2.42. The molecule has 1 aliphatic heterocycles. The fourth-order valence-electron chi connectivity index (χ4n) is 2.46. The minimum absolute atomic E-state index is 0. The van der Waals surface area contributed by atoms with E-state index in [4.69, 9.17) is 0 Å². The number of likely N-dealkylation sites (tertiary alicyclic amines) is 1. The van der Waals surface area contributed by atoms with Crippen molar-refractivity contribution in [3.63, 3.8) is 0 Å². The highest BCUT2D eigenvalue weighted by atomic mass is 127. The van der Waals surface area contributed by atoms with Gasteiger partial charge in [-0.2, -0.15) is 0 Å². The Morgan fingerprint density at radius 2 is 1.83 bits per heavy atom. The van der Waals surface area contributed by atoms with E-state index in [1.54, 1.807) is 7.05 Å². The molecule has 0 aromatic rings. The Hall–Kier alpha value is -0.220. The van der Waals surface area contributed by atoms with E-state index < -0.39 is 6.43 Å². The first-order chi connectivity index (χ1) is 10.3. The smallest absolute Gasteiger partial charge is 0.251 e. The van der Waals surface area contributed by atoms with E-state index in [0.29, 0.717) is 19.1 Å². The second-order valence-corrected chi connectivity index (χ2v) is 6.79. The zero-order chi connectivity index (χ0) is 16.6. The van der Waals surface area contributed by atoms with E-state index in [0.717, 1.165) is 31.9 Å². The summed E-state index contributed by atoms with van der Waals surface area (Å²) in [6, 6.07) is 0.302. The molecule has 0 spiro atoms. The van der Waals surface area contributed by atoms with E-state index in [1.165, 1.54) is 0 Å². The summed E-state index contributed by atoms with van der Waals surface area (Å²) in [5.74, 6) is 0.781. The van der Waals surface area contributed by atoms with Crippen LogP contribution in [-0.2, 0) is 0 Å². The maximum Gasteiger partial charge on any atom is 0.251 e. The molecule has 0 aromatic carbocycles. The second kappa shape index (κ2) is 11.4. The summed E-state index contributed by atoms with van der Waals surface area (Å²) in [6.45, 7) is 9.36. The summed E-state index contributed by atoms with van der Waals surface area (Å²) >= 11 is 0. The number of nitrogens with zero attached hydrogens (tertiary/aromatic N) is 2. The number of hydrogen-bond donors (Lipinski definition) is 3. The van der Waals surface area contributed by atoms with Gasteiger partial charge in [-0.25, -0.2) is 8.78 Å². The molecule has 0 unspecified atom stereocenters. The standard InChI is InChI=1S/C15H31F2N5.HI/c1-15(2,3)20-8-7-19-14(18-4)21-12-5-9-22(10-6-12)11-13(16)17;/h12-13,20H,5-11H2,1-4H3,(H2,18,19,21);1H. The van der Waals surface area contributed by atoms with Crippen LogP contribution in [-0.4, -0.2) is 68.6 Å². The molecule has 1 fully saturated rings. The molecule has 8 heteroatoms. The Balaban J connectivity index is 0.00000484. The zero-order valence-corrected chi connectivity index (χ0v) is 17.0. The fourth-order valence-corrected chi connectivity index (χ4v) is 2.46. The third-order valence-electron chi connectivity index (χ3n) is 3.62. The highest BCUT2D eigenvalue weighted by Crippen LogP contribution is 2.11. The summed E-state index contributed by atoms with van der Waals surface area (Å²) in [7, 11) is 1.75. The molecule has 0 bridgehead atoms. The summed E-state index contributed by atoms with van der Waals surface area (Å²) in [5.41, 5.74) is 0.107. The Morgan fingerprint density at radius 3 is 2.30 bits per heavy atom. The predicted octanol–water partition coefficient (Wildman–Crippen LogP) is 1.89. The van der Waals surface area contributed by atoms with Crippen molar-refractivity contribution >= 4 is 29.9 Å². The number of hydrogen-bond acceptors (Lipinski definition) is 3. The SMILES string of the molecule is CN=C(NCCNC(C)(C)C)NC1CCN(CC(F)F)CC1.I. The topological polar surface area (TPSA) is 51.7 Å². The Bertz CT molecular complexity index is 339. The molecular weight excluding hydrogens is 415 g/mol. The molecule has 0 saturated carbocycles. The van der Waals surface area contributed by atoms with E-state index in [-0.39, 0.29) is 36.1 Å². The normalized spacial score (nSPS) is 18.0. The number of nitrogens with one attached hydrogen (secondary N) is 3. The van der Waals surface area contributed by atoms with Crippen LogP contribution in [0.15, 0.2) is 4.99 Å². The van der Waals surface area contributed by atoms with Crippen LogP contribution in [0.25, 0.3) is 0 Å². The molecule has 5 nitrogen and oxygen atoms in total. The summed E-state index contributed by atoms with van der Waals surface area (Å²) in [4.78, 5) is 6.04. The Kier molecular flexibility index (Phi) is 11.2. The number of rotatable bonds is 6. The highest BCUT2D eigenvalue weighted by molar-refractivity contribution is 14.0. The van der Waals surface area contributed by atoms with E-state index in [9.17, 15) is 8.78 Å². The molecule has 0 aliphatic carbocycles. The summed E-state index contributed by atoms with van der Waals surface area (Å²) in [6.07, 6.45) is -0.504. The lowest BCUT2D eigenvalue weighted by Crippen LogP contribution is -2.50. The van der Waals surface area contributed by atoms with Crippen molar-refractivity contribution in [1.82, 2.24) is 20.9 Å². The lowest BCUT2D eigenvalue weighted by atomic mass is 10.1. The maximum atomic E-state index is 12.3. The van der Waals surface area contributed by atoms with Crippen molar-refractivity contribution in [1.29, 1.82) is 0 Å². The third-order valence-corrected chi connectivity index (χ3v) is 3.62. The molecule has 138 valence electrons. The summed E-state index contributed by atoms with van der Waals surface area (Å²) in [5, 5.41) is 10.1. The van der Waals surface area contributed by atoms with Gasteiger partial charge in [0, 0.05) is 44.8 Å². The molecule has 0 atom stereocenters. The first-order valence-corrected chi connectivity index (χ1v) is 8.03. The quantitative estimate of drug-likeness (QED) is 0.252. The minimum atomic E-state index is -2.24. The molecule has 3 N–H and O–H groups in total. The Labute approximate surface area is 156 Å². The molecule has 0 radical (unpaired) electrons. The van der Waals surface area contributed by atoms with Gasteiger partial charge in [0.05, 0.1) is 6.54 Å². The first kappa shape index (κ1) is 22.8. The van der Waals surface area contributed by atoms with Crippen molar-refractivity contribution in [2.45, 2.75) is 51.6 Å². The van der Waals surface area contributed by atoms with Gasteiger partial charge in [0.25, 0.3) is 6.43 Å². The van der Waals surface area contributed by atoms with Crippen LogP contribution in [0.1, 0.15) is 33.6 Å². The number of halogens is 3. The number of piperidine rings is 1. The highest BCUT2D eigenvalue weighted by Gasteiger charge is 2.21. The number of alkyl halides is 2. The van der Waals surface area contributed by atoms with Gasteiger partial charge in [-0.05, 0) is 33.6 Å². The third kappa shape index (κ3) is 11.0. The van der Waals surface area contributed by atoms with Crippen molar-refractivity contribution in [3.05, 3.63) is 0 Å². The van der Waals surface area contributed by atoms with Gasteiger partial charge in [0.2, 0.25) is 0 Å². The largest absolute Gasteiger partial charge is 0.355 e. The number of aliphatic imine (C=N–C) groups is 1. The molecule has 1 saturated heterocycles. The van der Waals surface area contributed by atoms with Crippen molar-refractivity contribution in [2.75, 3.05) is 39.8 Å². The predicted molar refractivity (Wildman–Crippen MR) is 103 cm³/mol. The molecule has 0 aromatic heterocycles. The van der Waals surface area contributed by atoms with Gasteiger partial charge in [-0.1, -0.05) is 0 Å². The monoisotopic (exact) mass is 447 g/mol. The number of guanidine groups is 1.